The zero-order chi connectivity index (χ0) is 15.3. The molecule has 1 aliphatic rings. The molecule has 2 N–H and O–H groups in total. The summed E-state index contributed by atoms with van der Waals surface area (Å²) in [5, 5.41) is 17.7. The average Bonchev–Trinajstić information content (AvgIpc) is 2.43. The zero-order valence-corrected chi connectivity index (χ0v) is 12.5. The van der Waals surface area contributed by atoms with Gasteiger partial charge < -0.3 is 10.2 Å². The van der Waals surface area contributed by atoms with Crippen molar-refractivity contribution in [3.05, 3.63) is 29.8 Å². The molecule has 1 aromatic carbocycles. The molecule has 0 bridgehead atoms. The van der Waals surface area contributed by atoms with E-state index >= 15 is 0 Å². The number of aliphatic hydroxyl groups excluding tert-OH is 2. The standard InChI is InChI=1S/C15H19NO4S/c17-11-2-3-13-6-8-15(9-7-13)21(19,20)16(10-12-18)14-4-1-5-14/h6-9,14,17-18H,1,4-5,10-12H2. The molecule has 0 saturated heterocycles. The smallest absolute Gasteiger partial charge is 0.243 e. The van der Waals surface area contributed by atoms with E-state index in [9.17, 15) is 8.42 Å². The summed E-state index contributed by atoms with van der Waals surface area (Å²) in [7, 11) is -3.58. The summed E-state index contributed by atoms with van der Waals surface area (Å²) in [6.07, 6.45) is 2.72. The van der Waals surface area contributed by atoms with Crippen molar-refractivity contribution in [2.24, 2.45) is 0 Å². The topological polar surface area (TPSA) is 77.8 Å². The molecule has 0 heterocycles. The van der Waals surface area contributed by atoms with Gasteiger partial charge in [0.1, 0.15) is 6.61 Å². The van der Waals surface area contributed by atoms with Crippen LogP contribution in [-0.2, 0) is 10.0 Å². The van der Waals surface area contributed by atoms with Crippen LogP contribution in [0, 0.1) is 11.8 Å². The number of rotatable bonds is 5. The monoisotopic (exact) mass is 309 g/mol. The number of nitrogens with zero attached hydrogens (tertiary/aromatic N) is 1. The largest absolute Gasteiger partial charge is 0.395 e. The molecule has 0 radical (unpaired) electrons. The van der Waals surface area contributed by atoms with Crippen LogP contribution >= 0.6 is 0 Å². The summed E-state index contributed by atoms with van der Waals surface area (Å²) in [6, 6.07) is 6.26. The number of aliphatic hydroxyl groups is 2. The summed E-state index contributed by atoms with van der Waals surface area (Å²) >= 11 is 0. The zero-order valence-electron chi connectivity index (χ0n) is 11.7. The summed E-state index contributed by atoms with van der Waals surface area (Å²) in [5.41, 5.74) is 0.653. The summed E-state index contributed by atoms with van der Waals surface area (Å²) in [6.45, 7) is -0.291. The maximum absolute atomic E-state index is 12.6. The van der Waals surface area contributed by atoms with Gasteiger partial charge in [-0.1, -0.05) is 18.3 Å². The van der Waals surface area contributed by atoms with Crippen LogP contribution < -0.4 is 0 Å². The van der Waals surface area contributed by atoms with Gasteiger partial charge in [0.15, 0.2) is 0 Å². The molecule has 5 nitrogen and oxygen atoms in total. The third kappa shape index (κ3) is 3.63. The van der Waals surface area contributed by atoms with Crippen LogP contribution in [0.3, 0.4) is 0 Å². The number of sulfonamides is 1. The van der Waals surface area contributed by atoms with Gasteiger partial charge in [-0.2, -0.15) is 4.31 Å². The van der Waals surface area contributed by atoms with Gasteiger partial charge in [0, 0.05) is 18.2 Å². The highest BCUT2D eigenvalue weighted by Gasteiger charge is 2.34. The van der Waals surface area contributed by atoms with Crippen molar-refractivity contribution in [1.82, 2.24) is 4.31 Å². The summed E-state index contributed by atoms with van der Waals surface area (Å²) in [5.74, 6) is 5.24. The van der Waals surface area contributed by atoms with E-state index in [1.807, 2.05) is 0 Å². The lowest BCUT2D eigenvalue weighted by Crippen LogP contribution is -2.45. The molecule has 0 atom stereocenters. The lowest BCUT2D eigenvalue weighted by atomic mass is 9.93. The molecule has 0 aliphatic heterocycles. The summed E-state index contributed by atoms with van der Waals surface area (Å²) < 4.78 is 26.6. The lowest BCUT2D eigenvalue weighted by molar-refractivity contribution is 0.178. The first kappa shape index (κ1) is 16.0. The first-order valence-corrected chi connectivity index (χ1v) is 8.36. The molecule has 6 heteroatoms. The second-order valence-corrected chi connectivity index (χ2v) is 6.80. The van der Waals surface area contributed by atoms with Crippen molar-refractivity contribution in [3.8, 4) is 11.8 Å². The van der Waals surface area contributed by atoms with E-state index in [1.165, 1.54) is 16.4 Å². The van der Waals surface area contributed by atoms with Gasteiger partial charge in [-0.15, -0.1) is 0 Å². The molecule has 0 unspecified atom stereocenters. The number of hydrogen-bond donors (Lipinski definition) is 2. The molecule has 1 aliphatic carbocycles. The van der Waals surface area contributed by atoms with Crippen molar-refractivity contribution in [2.75, 3.05) is 19.8 Å². The van der Waals surface area contributed by atoms with Crippen LogP contribution in [0.15, 0.2) is 29.2 Å². The normalized spacial score (nSPS) is 15.4. The minimum Gasteiger partial charge on any atom is -0.395 e. The Morgan fingerprint density at radius 2 is 1.86 bits per heavy atom. The second-order valence-electron chi connectivity index (χ2n) is 4.91. The number of benzene rings is 1. The number of hydrogen-bond acceptors (Lipinski definition) is 4. The molecular formula is C15H19NO4S. The van der Waals surface area contributed by atoms with E-state index in [-0.39, 0.29) is 30.7 Å². The highest BCUT2D eigenvalue weighted by molar-refractivity contribution is 7.89. The van der Waals surface area contributed by atoms with Crippen LogP contribution in [0.1, 0.15) is 24.8 Å². The molecule has 1 fully saturated rings. The van der Waals surface area contributed by atoms with Crippen molar-refractivity contribution in [3.63, 3.8) is 0 Å². The van der Waals surface area contributed by atoms with E-state index in [0.29, 0.717) is 5.56 Å². The first-order chi connectivity index (χ1) is 10.1. The lowest BCUT2D eigenvalue weighted by Gasteiger charge is -2.36. The molecule has 21 heavy (non-hydrogen) atoms. The van der Waals surface area contributed by atoms with Crippen LogP contribution in [0.25, 0.3) is 0 Å². The van der Waals surface area contributed by atoms with Crippen LogP contribution in [-0.4, -0.2) is 48.7 Å². The van der Waals surface area contributed by atoms with Gasteiger partial charge in [-0.25, -0.2) is 8.42 Å². The SMILES string of the molecule is O=S(=O)(c1ccc(C#CCO)cc1)N(CCO)C1CCC1. The van der Waals surface area contributed by atoms with Crippen LogP contribution in [0.4, 0.5) is 0 Å². The van der Waals surface area contributed by atoms with Gasteiger partial charge in [-0.3, -0.25) is 0 Å². The first-order valence-electron chi connectivity index (χ1n) is 6.92. The maximum atomic E-state index is 12.6. The fraction of sp³-hybridized carbons (Fsp3) is 0.467. The second kappa shape index (κ2) is 7.05. The molecule has 0 aromatic heterocycles. The molecule has 114 valence electrons. The Morgan fingerprint density at radius 1 is 1.19 bits per heavy atom. The molecule has 1 saturated carbocycles. The average molecular weight is 309 g/mol. The minimum atomic E-state index is -3.58. The predicted octanol–water partition coefficient (Wildman–Crippen LogP) is 0.566. The van der Waals surface area contributed by atoms with Gasteiger partial charge in [0.05, 0.1) is 11.5 Å². The molecule has 0 spiro atoms. The molecule has 1 aromatic rings. The quantitative estimate of drug-likeness (QED) is 0.779. The Bertz CT molecular complexity index is 624. The maximum Gasteiger partial charge on any atom is 0.243 e. The fourth-order valence-electron chi connectivity index (χ4n) is 2.26. The molecule has 2 rings (SSSR count). The van der Waals surface area contributed by atoms with E-state index < -0.39 is 10.0 Å². The summed E-state index contributed by atoms with van der Waals surface area (Å²) in [4.78, 5) is 0.206. The van der Waals surface area contributed by atoms with Crippen LogP contribution in [0.5, 0.6) is 0 Å². The Balaban J connectivity index is 2.24. The van der Waals surface area contributed by atoms with E-state index in [0.717, 1.165) is 19.3 Å². The predicted molar refractivity (Wildman–Crippen MR) is 79.0 cm³/mol. The van der Waals surface area contributed by atoms with E-state index in [4.69, 9.17) is 10.2 Å². The van der Waals surface area contributed by atoms with Crippen molar-refractivity contribution >= 4 is 10.0 Å². The molecule has 0 amide bonds. The third-order valence-corrected chi connectivity index (χ3v) is 5.54. The van der Waals surface area contributed by atoms with E-state index in [1.54, 1.807) is 12.1 Å². The Labute approximate surface area is 125 Å². The van der Waals surface area contributed by atoms with Gasteiger partial charge in [0.2, 0.25) is 10.0 Å². The van der Waals surface area contributed by atoms with E-state index in [2.05, 4.69) is 11.8 Å². The van der Waals surface area contributed by atoms with Crippen molar-refractivity contribution < 1.29 is 18.6 Å². The Kier molecular flexibility index (Phi) is 5.37. The third-order valence-electron chi connectivity index (χ3n) is 3.58. The fourth-order valence-corrected chi connectivity index (χ4v) is 3.94. The highest BCUT2D eigenvalue weighted by Crippen LogP contribution is 2.29. The van der Waals surface area contributed by atoms with Gasteiger partial charge in [-0.05, 0) is 37.1 Å². The Morgan fingerprint density at radius 3 is 2.33 bits per heavy atom. The molecular weight excluding hydrogens is 290 g/mol. The highest BCUT2D eigenvalue weighted by atomic mass is 32.2. The Hall–Kier alpha value is -1.39. The van der Waals surface area contributed by atoms with Gasteiger partial charge in [0.25, 0.3) is 0 Å². The van der Waals surface area contributed by atoms with Crippen LogP contribution in [0.2, 0.25) is 0 Å². The minimum absolute atomic E-state index is 0.00370. The van der Waals surface area contributed by atoms with Crippen molar-refractivity contribution in [1.29, 1.82) is 0 Å². The van der Waals surface area contributed by atoms with Gasteiger partial charge >= 0.3 is 0 Å². The van der Waals surface area contributed by atoms with Crippen molar-refractivity contribution in [2.45, 2.75) is 30.2 Å².